The van der Waals surface area contributed by atoms with Crippen LogP contribution in [0.4, 0.5) is 0 Å². The summed E-state index contributed by atoms with van der Waals surface area (Å²) in [6, 6.07) is 0. The summed E-state index contributed by atoms with van der Waals surface area (Å²) in [4.78, 5) is 0. The summed E-state index contributed by atoms with van der Waals surface area (Å²) < 4.78 is 28.3. The van der Waals surface area contributed by atoms with E-state index in [2.05, 4.69) is 5.32 Å². The first-order valence-corrected chi connectivity index (χ1v) is 8.50. The van der Waals surface area contributed by atoms with Crippen molar-refractivity contribution in [2.75, 3.05) is 39.3 Å². The Balaban J connectivity index is 1.97. The number of nitrogens with zero attached hydrogens (tertiary/aromatic N) is 2. The van der Waals surface area contributed by atoms with Crippen LogP contribution in [-0.4, -0.2) is 56.3 Å². The van der Waals surface area contributed by atoms with E-state index >= 15 is 0 Å². The van der Waals surface area contributed by atoms with Gasteiger partial charge >= 0.3 is 0 Å². The normalized spacial score (nSPS) is 23.9. The molecule has 0 radical (unpaired) electrons. The van der Waals surface area contributed by atoms with Crippen LogP contribution < -0.4 is 5.32 Å². The smallest absolute Gasteiger partial charge is 0.281 e. The van der Waals surface area contributed by atoms with E-state index in [0.717, 1.165) is 38.8 Å². The Bertz CT molecular complexity index is 346. The fraction of sp³-hybridized carbons (Fsp3) is 1.00. The molecule has 0 spiro atoms. The van der Waals surface area contributed by atoms with E-state index in [4.69, 9.17) is 0 Å². The molecule has 106 valence electrons. The van der Waals surface area contributed by atoms with E-state index in [9.17, 15) is 8.42 Å². The molecule has 2 aliphatic heterocycles. The summed E-state index contributed by atoms with van der Waals surface area (Å²) in [5.74, 6) is 0.517. The first-order valence-electron chi connectivity index (χ1n) is 7.10. The van der Waals surface area contributed by atoms with Crippen LogP contribution in [0.5, 0.6) is 0 Å². The monoisotopic (exact) mass is 275 g/mol. The second-order valence-electron chi connectivity index (χ2n) is 5.26. The van der Waals surface area contributed by atoms with Crippen molar-refractivity contribution in [3.8, 4) is 0 Å². The molecule has 5 nitrogen and oxygen atoms in total. The molecule has 0 aromatic carbocycles. The molecule has 0 atom stereocenters. The Morgan fingerprint density at radius 2 is 1.83 bits per heavy atom. The number of hydrogen-bond donors (Lipinski definition) is 1. The largest absolute Gasteiger partial charge is 0.317 e. The van der Waals surface area contributed by atoms with Gasteiger partial charge in [-0.25, -0.2) is 0 Å². The lowest BCUT2D eigenvalue weighted by molar-refractivity contribution is 0.280. The number of piperidine rings is 1. The van der Waals surface area contributed by atoms with Crippen molar-refractivity contribution in [2.24, 2.45) is 5.92 Å². The fourth-order valence-electron chi connectivity index (χ4n) is 2.82. The molecule has 0 bridgehead atoms. The molecule has 2 aliphatic rings. The minimum absolute atomic E-state index is 0.517. The summed E-state index contributed by atoms with van der Waals surface area (Å²) in [6.45, 7) is 6.66. The average molecular weight is 275 g/mol. The van der Waals surface area contributed by atoms with Gasteiger partial charge in [-0.2, -0.15) is 17.0 Å². The highest BCUT2D eigenvalue weighted by atomic mass is 32.2. The Morgan fingerprint density at radius 3 is 2.39 bits per heavy atom. The van der Waals surface area contributed by atoms with E-state index < -0.39 is 10.2 Å². The van der Waals surface area contributed by atoms with Crippen LogP contribution in [0.25, 0.3) is 0 Å². The van der Waals surface area contributed by atoms with Gasteiger partial charge in [0.1, 0.15) is 0 Å². The number of rotatable bonds is 5. The van der Waals surface area contributed by atoms with Gasteiger partial charge in [0, 0.05) is 26.2 Å². The third kappa shape index (κ3) is 3.23. The Hall–Kier alpha value is -0.170. The van der Waals surface area contributed by atoms with Gasteiger partial charge in [0.2, 0.25) is 0 Å². The third-order valence-electron chi connectivity index (χ3n) is 3.99. The van der Waals surface area contributed by atoms with E-state index in [1.54, 1.807) is 8.61 Å². The summed E-state index contributed by atoms with van der Waals surface area (Å²) in [7, 11) is -3.20. The standard InChI is InChI=1S/C12H25N3O2S/c1-2-14(11-12-5-7-13-8-6-12)18(16,17)15-9-3-4-10-15/h12-13H,2-11H2,1H3. The molecule has 2 heterocycles. The van der Waals surface area contributed by atoms with Crippen molar-refractivity contribution in [1.82, 2.24) is 13.9 Å². The van der Waals surface area contributed by atoms with Crippen molar-refractivity contribution < 1.29 is 8.42 Å². The second-order valence-corrected chi connectivity index (χ2v) is 7.19. The number of nitrogens with one attached hydrogen (secondary N) is 1. The molecule has 2 fully saturated rings. The molecule has 0 unspecified atom stereocenters. The van der Waals surface area contributed by atoms with Crippen LogP contribution >= 0.6 is 0 Å². The molecule has 18 heavy (non-hydrogen) atoms. The zero-order valence-electron chi connectivity index (χ0n) is 11.3. The highest BCUT2D eigenvalue weighted by molar-refractivity contribution is 7.86. The molecular formula is C12H25N3O2S. The number of hydrogen-bond acceptors (Lipinski definition) is 3. The predicted octanol–water partition coefficient (Wildman–Crippen LogP) is 0.649. The van der Waals surface area contributed by atoms with Crippen molar-refractivity contribution in [3.63, 3.8) is 0 Å². The van der Waals surface area contributed by atoms with Crippen molar-refractivity contribution in [2.45, 2.75) is 32.6 Å². The van der Waals surface area contributed by atoms with Crippen LogP contribution in [0, 0.1) is 5.92 Å². The van der Waals surface area contributed by atoms with Crippen LogP contribution in [-0.2, 0) is 10.2 Å². The Morgan fingerprint density at radius 1 is 1.22 bits per heavy atom. The maximum atomic E-state index is 12.5. The molecule has 0 amide bonds. The molecule has 0 aliphatic carbocycles. The minimum atomic E-state index is -3.20. The predicted molar refractivity (Wildman–Crippen MR) is 72.6 cm³/mol. The first kappa shape index (κ1) is 14.2. The Kier molecular flexibility index (Phi) is 5.00. The molecule has 2 rings (SSSR count). The van der Waals surface area contributed by atoms with Crippen LogP contribution in [0.15, 0.2) is 0 Å². The van der Waals surface area contributed by atoms with Gasteiger partial charge in [-0.15, -0.1) is 0 Å². The maximum absolute atomic E-state index is 12.5. The maximum Gasteiger partial charge on any atom is 0.281 e. The second kappa shape index (κ2) is 6.32. The van der Waals surface area contributed by atoms with Gasteiger partial charge in [0.05, 0.1) is 0 Å². The summed E-state index contributed by atoms with van der Waals surface area (Å²) in [5.41, 5.74) is 0. The lowest BCUT2D eigenvalue weighted by Crippen LogP contribution is -2.45. The van der Waals surface area contributed by atoms with E-state index in [1.165, 1.54) is 0 Å². The van der Waals surface area contributed by atoms with Crippen molar-refractivity contribution in [1.29, 1.82) is 0 Å². The van der Waals surface area contributed by atoms with Gasteiger partial charge in [-0.3, -0.25) is 0 Å². The summed E-state index contributed by atoms with van der Waals surface area (Å²) in [5, 5.41) is 3.32. The van der Waals surface area contributed by atoms with Gasteiger partial charge < -0.3 is 5.32 Å². The summed E-state index contributed by atoms with van der Waals surface area (Å²) >= 11 is 0. The van der Waals surface area contributed by atoms with E-state index in [0.29, 0.717) is 32.1 Å². The van der Waals surface area contributed by atoms with Crippen molar-refractivity contribution in [3.05, 3.63) is 0 Å². The lowest BCUT2D eigenvalue weighted by Gasteiger charge is -2.31. The SMILES string of the molecule is CCN(CC1CCNCC1)S(=O)(=O)N1CCCC1. The van der Waals surface area contributed by atoms with Crippen LogP contribution in [0.1, 0.15) is 32.6 Å². The third-order valence-corrected chi connectivity index (χ3v) is 6.07. The van der Waals surface area contributed by atoms with Gasteiger partial charge in [-0.05, 0) is 44.7 Å². The Labute approximate surface area is 111 Å². The fourth-order valence-corrected chi connectivity index (χ4v) is 4.59. The lowest BCUT2D eigenvalue weighted by atomic mass is 9.98. The highest BCUT2D eigenvalue weighted by Gasteiger charge is 2.32. The van der Waals surface area contributed by atoms with Crippen LogP contribution in [0.3, 0.4) is 0 Å². The van der Waals surface area contributed by atoms with E-state index in [1.807, 2.05) is 6.92 Å². The highest BCUT2D eigenvalue weighted by Crippen LogP contribution is 2.20. The van der Waals surface area contributed by atoms with E-state index in [-0.39, 0.29) is 0 Å². The topological polar surface area (TPSA) is 52.7 Å². The average Bonchev–Trinajstić information content (AvgIpc) is 2.91. The summed E-state index contributed by atoms with van der Waals surface area (Å²) in [6.07, 6.45) is 4.19. The van der Waals surface area contributed by atoms with Gasteiger partial charge in [0.15, 0.2) is 0 Å². The quantitative estimate of drug-likeness (QED) is 0.801. The molecule has 2 saturated heterocycles. The van der Waals surface area contributed by atoms with Crippen LogP contribution in [0.2, 0.25) is 0 Å². The minimum Gasteiger partial charge on any atom is -0.317 e. The molecular weight excluding hydrogens is 250 g/mol. The van der Waals surface area contributed by atoms with Gasteiger partial charge in [-0.1, -0.05) is 6.92 Å². The van der Waals surface area contributed by atoms with Crippen molar-refractivity contribution >= 4 is 10.2 Å². The molecule has 0 aromatic heterocycles. The zero-order valence-corrected chi connectivity index (χ0v) is 12.1. The molecule has 0 saturated carbocycles. The first-order chi connectivity index (χ1) is 8.64. The molecule has 0 aromatic rings. The zero-order chi connectivity index (χ0) is 13.0. The van der Waals surface area contributed by atoms with Gasteiger partial charge in [0.25, 0.3) is 10.2 Å². The molecule has 6 heteroatoms. The molecule has 1 N–H and O–H groups in total.